The number of benzene rings is 1. The Hall–Kier alpha value is -1.62. The lowest BCUT2D eigenvalue weighted by Gasteiger charge is -2.03. The molecule has 102 valence electrons. The number of hydrogen-bond acceptors (Lipinski definition) is 3. The number of hydrogen-bond donors (Lipinski definition) is 1. The van der Waals surface area contributed by atoms with Crippen molar-refractivity contribution in [3.8, 4) is 0 Å². The lowest BCUT2D eigenvalue weighted by molar-refractivity contribution is 0.0697. The van der Waals surface area contributed by atoms with Crippen molar-refractivity contribution in [2.75, 3.05) is 5.75 Å². The summed E-state index contributed by atoms with van der Waals surface area (Å²) in [7, 11) is -1.11. The molecule has 0 saturated heterocycles. The summed E-state index contributed by atoms with van der Waals surface area (Å²) in [4.78, 5) is 11.3. The Morgan fingerprint density at radius 1 is 1.37 bits per heavy atom. The molecule has 0 aliphatic heterocycles. The fourth-order valence-corrected chi connectivity index (χ4v) is 3.37. The van der Waals surface area contributed by atoms with Gasteiger partial charge in [0.05, 0.1) is 5.75 Å². The van der Waals surface area contributed by atoms with Gasteiger partial charge in [-0.3, -0.25) is 4.21 Å². The molecule has 2 rings (SSSR count). The number of aromatic carboxylic acids is 1. The second-order valence-corrected chi connectivity index (χ2v) is 6.35. The van der Waals surface area contributed by atoms with E-state index in [-0.39, 0.29) is 11.3 Å². The standard InChI is InChI=1S/C14H16O4S/c1-9(2)7-19(17)8-12-13(14(15)16)10-5-3-4-6-11(10)18-12/h3-6,9H,7-8H2,1-2H3,(H,15,16). The maximum atomic E-state index is 11.9. The molecule has 19 heavy (non-hydrogen) atoms. The molecule has 5 heteroatoms. The van der Waals surface area contributed by atoms with E-state index >= 15 is 0 Å². The molecule has 0 aliphatic rings. The first kappa shape index (κ1) is 13.8. The molecular formula is C14H16O4S. The lowest BCUT2D eigenvalue weighted by Crippen LogP contribution is -2.08. The molecule has 1 aromatic heterocycles. The first-order valence-corrected chi connectivity index (χ1v) is 7.56. The highest BCUT2D eigenvalue weighted by atomic mass is 32.2. The molecule has 1 heterocycles. The van der Waals surface area contributed by atoms with Crippen LogP contribution in [0.25, 0.3) is 11.0 Å². The van der Waals surface area contributed by atoms with Crippen LogP contribution in [0.4, 0.5) is 0 Å². The maximum Gasteiger partial charge on any atom is 0.339 e. The smallest absolute Gasteiger partial charge is 0.339 e. The third-order valence-electron chi connectivity index (χ3n) is 2.69. The Labute approximate surface area is 113 Å². The summed E-state index contributed by atoms with van der Waals surface area (Å²) >= 11 is 0. The Morgan fingerprint density at radius 3 is 2.68 bits per heavy atom. The van der Waals surface area contributed by atoms with Gasteiger partial charge in [0.2, 0.25) is 0 Å². The van der Waals surface area contributed by atoms with Crippen LogP contribution in [0, 0.1) is 5.92 Å². The quantitative estimate of drug-likeness (QED) is 0.914. The van der Waals surface area contributed by atoms with Crippen molar-refractivity contribution in [1.29, 1.82) is 0 Å². The number of furan rings is 1. The highest BCUT2D eigenvalue weighted by Gasteiger charge is 2.21. The van der Waals surface area contributed by atoms with E-state index in [0.29, 0.717) is 28.4 Å². The lowest BCUT2D eigenvalue weighted by atomic mass is 10.1. The van der Waals surface area contributed by atoms with Gasteiger partial charge in [0.15, 0.2) is 0 Å². The molecule has 0 radical (unpaired) electrons. The second-order valence-electron chi connectivity index (χ2n) is 4.85. The molecule has 0 amide bonds. The molecule has 0 spiro atoms. The van der Waals surface area contributed by atoms with Gasteiger partial charge in [-0.1, -0.05) is 32.0 Å². The molecule has 0 bridgehead atoms. The van der Waals surface area contributed by atoms with Gasteiger partial charge in [0, 0.05) is 21.9 Å². The van der Waals surface area contributed by atoms with E-state index in [2.05, 4.69) is 0 Å². The number of carboxylic acids is 1. The van der Waals surface area contributed by atoms with Crippen molar-refractivity contribution in [3.63, 3.8) is 0 Å². The van der Waals surface area contributed by atoms with E-state index in [0.717, 1.165) is 0 Å². The first-order chi connectivity index (χ1) is 8.99. The van der Waals surface area contributed by atoms with Crippen molar-refractivity contribution in [3.05, 3.63) is 35.6 Å². The number of carbonyl (C=O) groups is 1. The zero-order valence-electron chi connectivity index (χ0n) is 10.9. The van der Waals surface area contributed by atoms with Crippen molar-refractivity contribution in [2.45, 2.75) is 19.6 Å². The summed E-state index contributed by atoms with van der Waals surface area (Å²) in [6.45, 7) is 3.96. The third-order valence-corrected chi connectivity index (χ3v) is 4.32. The van der Waals surface area contributed by atoms with Crippen LogP contribution in [0.5, 0.6) is 0 Å². The topological polar surface area (TPSA) is 67.5 Å². The predicted molar refractivity (Wildman–Crippen MR) is 74.7 cm³/mol. The molecule has 1 N–H and O–H groups in total. The van der Waals surface area contributed by atoms with Crippen LogP contribution < -0.4 is 0 Å². The van der Waals surface area contributed by atoms with Crippen LogP contribution in [-0.2, 0) is 16.6 Å². The zero-order chi connectivity index (χ0) is 14.0. The average Bonchev–Trinajstić information content (AvgIpc) is 2.64. The third kappa shape index (κ3) is 3.04. The molecule has 1 atom stereocenters. The molecule has 1 unspecified atom stereocenters. The minimum absolute atomic E-state index is 0.132. The van der Waals surface area contributed by atoms with Gasteiger partial charge in [-0.15, -0.1) is 0 Å². The number of fused-ring (bicyclic) bond motifs is 1. The van der Waals surface area contributed by atoms with Crippen molar-refractivity contribution in [2.24, 2.45) is 5.92 Å². The Bertz CT molecular complexity index is 627. The van der Waals surface area contributed by atoms with Gasteiger partial charge in [-0.05, 0) is 12.0 Å². The highest BCUT2D eigenvalue weighted by molar-refractivity contribution is 7.84. The SMILES string of the molecule is CC(C)CS(=O)Cc1oc2ccccc2c1C(=O)O. The summed E-state index contributed by atoms with van der Waals surface area (Å²) in [5, 5.41) is 9.85. The van der Waals surface area contributed by atoms with E-state index in [1.54, 1.807) is 24.3 Å². The molecule has 4 nitrogen and oxygen atoms in total. The largest absolute Gasteiger partial charge is 0.478 e. The Kier molecular flexibility index (Phi) is 4.04. The predicted octanol–water partition coefficient (Wildman–Crippen LogP) is 3.04. The van der Waals surface area contributed by atoms with Crippen molar-refractivity contribution >= 4 is 27.7 Å². The molecular weight excluding hydrogens is 264 g/mol. The summed E-state index contributed by atoms with van der Waals surface area (Å²) in [6.07, 6.45) is 0. The van der Waals surface area contributed by atoms with E-state index in [4.69, 9.17) is 4.42 Å². The van der Waals surface area contributed by atoms with Crippen LogP contribution >= 0.6 is 0 Å². The Morgan fingerprint density at radius 2 is 2.05 bits per heavy atom. The summed E-state index contributed by atoms with van der Waals surface area (Å²) in [5.41, 5.74) is 0.657. The van der Waals surface area contributed by atoms with Crippen LogP contribution in [0.3, 0.4) is 0 Å². The Balaban J connectivity index is 2.39. The average molecular weight is 280 g/mol. The van der Waals surface area contributed by atoms with Crippen molar-refractivity contribution < 1.29 is 18.5 Å². The van der Waals surface area contributed by atoms with E-state index in [1.807, 2.05) is 13.8 Å². The van der Waals surface area contributed by atoms with Gasteiger partial charge in [0.25, 0.3) is 0 Å². The fourth-order valence-electron chi connectivity index (χ4n) is 2.01. The first-order valence-electron chi connectivity index (χ1n) is 6.07. The monoisotopic (exact) mass is 280 g/mol. The van der Waals surface area contributed by atoms with Gasteiger partial charge in [0.1, 0.15) is 16.9 Å². The minimum atomic E-state index is -1.11. The fraction of sp³-hybridized carbons (Fsp3) is 0.357. The molecule has 2 aromatic rings. The summed E-state index contributed by atoms with van der Waals surface area (Å²) in [6, 6.07) is 6.97. The number of rotatable bonds is 5. The van der Waals surface area contributed by atoms with Crippen LogP contribution in [0.2, 0.25) is 0 Å². The van der Waals surface area contributed by atoms with Crippen LogP contribution in [0.1, 0.15) is 30.0 Å². The second kappa shape index (κ2) is 5.57. The minimum Gasteiger partial charge on any atom is -0.478 e. The van der Waals surface area contributed by atoms with Gasteiger partial charge in [-0.2, -0.15) is 0 Å². The number of carboxylic acid groups (broad SMARTS) is 1. The van der Waals surface area contributed by atoms with Gasteiger partial charge >= 0.3 is 5.97 Å². The van der Waals surface area contributed by atoms with Gasteiger partial charge < -0.3 is 9.52 Å². The van der Waals surface area contributed by atoms with Crippen molar-refractivity contribution in [1.82, 2.24) is 0 Å². The summed E-state index contributed by atoms with van der Waals surface area (Å²) < 4.78 is 17.5. The normalized spacial score (nSPS) is 13.0. The zero-order valence-corrected chi connectivity index (χ0v) is 11.7. The molecule has 0 fully saturated rings. The van der Waals surface area contributed by atoms with E-state index < -0.39 is 16.8 Å². The molecule has 0 saturated carbocycles. The van der Waals surface area contributed by atoms with E-state index in [9.17, 15) is 14.1 Å². The van der Waals surface area contributed by atoms with Gasteiger partial charge in [-0.25, -0.2) is 4.79 Å². The van der Waals surface area contributed by atoms with E-state index in [1.165, 1.54) is 0 Å². The highest BCUT2D eigenvalue weighted by Crippen LogP contribution is 2.27. The van der Waals surface area contributed by atoms with Crippen LogP contribution in [0.15, 0.2) is 28.7 Å². The molecule has 0 aliphatic carbocycles. The maximum absolute atomic E-state index is 11.9. The molecule has 1 aromatic carbocycles. The number of para-hydroxylation sites is 1. The summed E-state index contributed by atoms with van der Waals surface area (Å²) in [5.74, 6) is 0.248. The van der Waals surface area contributed by atoms with Crippen LogP contribution in [-0.4, -0.2) is 21.0 Å².